The third-order valence-corrected chi connectivity index (χ3v) is 2.09. The van der Waals surface area contributed by atoms with E-state index in [2.05, 4.69) is 9.97 Å². The summed E-state index contributed by atoms with van der Waals surface area (Å²) in [7, 11) is 0. The molecule has 0 bridgehead atoms. The van der Waals surface area contributed by atoms with Gasteiger partial charge in [0.1, 0.15) is 13.2 Å². The van der Waals surface area contributed by atoms with Crippen LogP contribution >= 0.6 is 0 Å². The van der Waals surface area contributed by atoms with E-state index in [1.54, 1.807) is 0 Å². The second-order valence-corrected chi connectivity index (χ2v) is 3.85. The molecule has 0 saturated carbocycles. The van der Waals surface area contributed by atoms with Crippen LogP contribution < -0.4 is 10.5 Å². The molecule has 0 spiro atoms. The van der Waals surface area contributed by atoms with Crippen LogP contribution in [0.15, 0.2) is 6.07 Å². The van der Waals surface area contributed by atoms with Gasteiger partial charge in [-0.25, -0.2) is 9.78 Å². The number of carboxylic acid groups (broad SMARTS) is 1. The Labute approximate surface area is 123 Å². The van der Waals surface area contributed by atoms with Gasteiger partial charge in [0, 0.05) is 6.07 Å². The lowest BCUT2D eigenvalue weighted by molar-refractivity contribution is -0.143. The average Bonchev–Trinajstić information content (AvgIpc) is 2.40. The normalized spacial score (nSPS) is 11.4. The Bertz CT molecular complexity index is 498. The lowest BCUT2D eigenvalue weighted by Crippen LogP contribution is -2.15. The van der Waals surface area contributed by atoms with E-state index < -0.39 is 30.4 Å². The van der Waals surface area contributed by atoms with Crippen molar-refractivity contribution in [2.75, 3.05) is 38.8 Å². The van der Waals surface area contributed by atoms with Crippen molar-refractivity contribution in [2.24, 2.45) is 0 Å². The van der Waals surface area contributed by atoms with Crippen molar-refractivity contribution in [3.05, 3.63) is 11.8 Å². The predicted octanol–water partition coefficient (Wildman–Crippen LogP) is 0.574. The molecule has 0 aliphatic rings. The van der Waals surface area contributed by atoms with E-state index >= 15 is 0 Å². The van der Waals surface area contributed by atoms with Gasteiger partial charge in [0.25, 0.3) is 0 Å². The topological polar surface area (TPSA) is 117 Å². The summed E-state index contributed by atoms with van der Waals surface area (Å²) in [5, 5.41) is 8.29. The summed E-state index contributed by atoms with van der Waals surface area (Å²) in [6.45, 7) is -0.240. The molecule has 1 aromatic heterocycles. The second-order valence-electron chi connectivity index (χ2n) is 3.85. The van der Waals surface area contributed by atoms with Crippen LogP contribution in [-0.4, -0.2) is 54.1 Å². The van der Waals surface area contributed by atoms with Gasteiger partial charge >= 0.3 is 12.1 Å². The third-order valence-electron chi connectivity index (χ3n) is 2.09. The van der Waals surface area contributed by atoms with Crippen LogP contribution in [0.4, 0.5) is 19.1 Å². The van der Waals surface area contributed by atoms with E-state index in [4.69, 9.17) is 25.1 Å². The minimum Gasteiger partial charge on any atom is -0.480 e. The Hall–Kier alpha value is -2.14. The summed E-state index contributed by atoms with van der Waals surface area (Å²) in [4.78, 5) is 16.7. The van der Waals surface area contributed by atoms with E-state index in [0.29, 0.717) is 6.07 Å². The van der Waals surface area contributed by atoms with Crippen LogP contribution in [0.5, 0.6) is 5.88 Å². The molecule has 8 nitrogen and oxygen atoms in total. The summed E-state index contributed by atoms with van der Waals surface area (Å²) in [5.74, 6) is -1.96. The average molecular weight is 325 g/mol. The molecule has 0 amide bonds. The summed E-state index contributed by atoms with van der Waals surface area (Å²) >= 11 is 0. The van der Waals surface area contributed by atoms with Gasteiger partial charge in [-0.1, -0.05) is 0 Å². The Morgan fingerprint density at radius 2 is 1.82 bits per heavy atom. The minimum absolute atomic E-state index is 0.0572. The van der Waals surface area contributed by atoms with Crippen LogP contribution in [0, 0.1) is 0 Å². The zero-order valence-corrected chi connectivity index (χ0v) is 11.3. The highest BCUT2D eigenvalue weighted by molar-refractivity contribution is 5.67. The molecule has 0 saturated heterocycles. The van der Waals surface area contributed by atoms with Crippen molar-refractivity contribution in [2.45, 2.75) is 6.18 Å². The molecular weight excluding hydrogens is 311 g/mol. The number of hydrogen-bond acceptors (Lipinski definition) is 7. The number of hydrogen-bond donors (Lipinski definition) is 2. The highest BCUT2D eigenvalue weighted by Gasteiger charge is 2.33. The number of rotatable bonds is 9. The fourth-order valence-corrected chi connectivity index (χ4v) is 1.25. The second kappa shape index (κ2) is 8.34. The zero-order chi connectivity index (χ0) is 16.6. The molecule has 0 aliphatic heterocycles. The van der Waals surface area contributed by atoms with Crippen LogP contribution in [0.25, 0.3) is 0 Å². The van der Waals surface area contributed by atoms with Gasteiger partial charge < -0.3 is 25.1 Å². The number of aliphatic carboxylic acids is 1. The quantitative estimate of drug-likeness (QED) is 0.633. The number of halogens is 3. The van der Waals surface area contributed by atoms with Crippen LogP contribution in [0.1, 0.15) is 5.69 Å². The van der Waals surface area contributed by atoms with E-state index in [1.165, 1.54) is 0 Å². The first-order valence-corrected chi connectivity index (χ1v) is 6.01. The molecule has 1 aromatic rings. The van der Waals surface area contributed by atoms with Gasteiger partial charge in [-0.2, -0.15) is 18.2 Å². The summed E-state index contributed by atoms with van der Waals surface area (Å²) < 4.78 is 52.2. The van der Waals surface area contributed by atoms with Gasteiger partial charge in [-0.05, 0) is 0 Å². The maximum atomic E-state index is 12.5. The van der Waals surface area contributed by atoms with E-state index in [1.807, 2.05) is 0 Å². The monoisotopic (exact) mass is 325 g/mol. The molecule has 0 fully saturated rings. The molecule has 124 valence electrons. The Morgan fingerprint density at radius 1 is 1.18 bits per heavy atom. The van der Waals surface area contributed by atoms with Gasteiger partial charge in [0.15, 0.2) is 5.69 Å². The molecule has 0 unspecified atom stereocenters. The number of nitrogen functional groups attached to an aromatic ring is 1. The highest BCUT2D eigenvalue weighted by Crippen LogP contribution is 2.29. The minimum atomic E-state index is -4.65. The van der Waals surface area contributed by atoms with Crippen molar-refractivity contribution in [3.8, 4) is 5.88 Å². The third kappa shape index (κ3) is 7.04. The van der Waals surface area contributed by atoms with Gasteiger partial charge in [0.05, 0.1) is 19.8 Å². The maximum Gasteiger partial charge on any atom is 0.433 e. The molecule has 0 aromatic carbocycles. The van der Waals surface area contributed by atoms with Gasteiger partial charge in [0.2, 0.25) is 11.8 Å². The number of nitrogens with two attached hydrogens (primary N) is 1. The molecular formula is C11H14F3N3O5. The predicted molar refractivity (Wildman–Crippen MR) is 66.2 cm³/mol. The number of carboxylic acids is 1. The number of anilines is 1. The van der Waals surface area contributed by atoms with Gasteiger partial charge in [-0.15, -0.1) is 0 Å². The summed E-state index contributed by atoms with van der Waals surface area (Å²) in [6.07, 6.45) is -4.65. The summed E-state index contributed by atoms with van der Waals surface area (Å²) in [5.41, 5.74) is 3.97. The molecule has 1 heterocycles. The van der Waals surface area contributed by atoms with Crippen LogP contribution in [0.3, 0.4) is 0 Å². The van der Waals surface area contributed by atoms with Gasteiger partial charge in [-0.3, -0.25) is 0 Å². The van der Waals surface area contributed by atoms with Crippen molar-refractivity contribution in [3.63, 3.8) is 0 Å². The summed E-state index contributed by atoms with van der Waals surface area (Å²) in [6, 6.07) is 0.631. The number of ether oxygens (including phenoxy) is 3. The molecule has 3 N–H and O–H groups in total. The van der Waals surface area contributed by atoms with Crippen LogP contribution in [0.2, 0.25) is 0 Å². The Kier molecular flexibility index (Phi) is 6.79. The number of nitrogens with zero attached hydrogens (tertiary/aromatic N) is 2. The highest BCUT2D eigenvalue weighted by atomic mass is 19.4. The van der Waals surface area contributed by atoms with Crippen molar-refractivity contribution >= 4 is 11.9 Å². The SMILES string of the molecule is Nc1nc(OCCOCCOCC(=O)O)cc(C(F)(F)F)n1. The Balaban J connectivity index is 2.28. The van der Waals surface area contributed by atoms with Crippen molar-refractivity contribution < 1.29 is 37.3 Å². The van der Waals surface area contributed by atoms with E-state index in [0.717, 1.165) is 0 Å². The zero-order valence-electron chi connectivity index (χ0n) is 11.3. The fraction of sp³-hybridized carbons (Fsp3) is 0.545. The first-order valence-electron chi connectivity index (χ1n) is 6.01. The molecule has 1 rings (SSSR count). The molecule has 11 heteroatoms. The van der Waals surface area contributed by atoms with Crippen LogP contribution in [-0.2, 0) is 20.4 Å². The standard InChI is InChI=1S/C11H14F3N3O5/c12-11(13,14)7-5-8(17-10(15)16-7)22-4-3-20-1-2-21-6-9(18)19/h5H,1-4,6H2,(H,18,19)(H2,15,16,17). The molecule has 0 aliphatic carbocycles. The maximum absolute atomic E-state index is 12.5. The lowest BCUT2D eigenvalue weighted by atomic mass is 10.4. The number of aromatic nitrogens is 2. The smallest absolute Gasteiger partial charge is 0.433 e. The lowest BCUT2D eigenvalue weighted by Gasteiger charge is -2.10. The fourth-order valence-electron chi connectivity index (χ4n) is 1.25. The molecule has 22 heavy (non-hydrogen) atoms. The van der Waals surface area contributed by atoms with Crippen molar-refractivity contribution in [1.82, 2.24) is 9.97 Å². The molecule has 0 radical (unpaired) electrons. The number of alkyl halides is 3. The molecule has 0 atom stereocenters. The van der Waals surface area contributed by atoms with E-state index in [9.17, 15) is 18.0 Å². The Morgan fingerprint density at radius 3 is 2.45 bits per heavy atom. The number of carbonyl (C=O) groups is 1. The largest absolute Gasteiger partial charge is 0.480 e. The first-order chi connectivity index (χ1) is 10.3. The van der Waals surface area contributed by atoms with E-state index in [-0.39, 0.29) is 32.3 Å². The first kappa shape index (κ1) is 17.9. The van der Waals surface area contributed by atoms with Crippen molar-refractivity contribution in [1.29, 1.82) is 0 Å².